The van der Waals surface area contributed by atoms with Crippen LogP contribution in [0.25, 0.3) is 10.9 Å². The van der Waals surface area contributed by atoms with Gasteiger partial charge in [-0.05, 0) is 24.5 Å². The summed E-state index contributed by atoms with van der Waals surface area (Å²) in [5.74, 6) is 0.588. The molecule has 0 saturated heterocycles. The molecule has 0 aliphatic carbocycles. The molecule has 0 amide bonds. The Balaban J connectivity index is 2.37. The molecule has 96 valence electrons. The van der Waals surface area contributed by atoms with E-state index in [1.165, 1.54) is 12.8 Å². The van der Waals surface area contributed by atoms with Gasteiger partial charge >= 0.3 is 0 Å². The lowest BCUT2D eigenvalue weighted by molar-refractivity contribution is -0.383. The molecule has 0 aliphatic rings. The van der Waals surface area contributed by atoms with Crippen molar-refractivity contribution in [1.82, 2.24) is 4.57 Å². The molecule has 0 fully saturated rings. The van der Waals surface area contributed by atoms with E-state index in [-0.39, 0.29) is 10.6 Å². The summed E-state index contributed by atoms with van der Waals surface area (Å²) in [6.07, 6.45) is 4.29. The number of rotatable bonds is 5. The third-order valence-corrected chi connectivity index (χ3v) is 3.28. The highest BCUT2D eigenvalue weighted by atomic mass is 16.6. The molecule has 2 rings (SSSR count). The van der Waals surface area contributed by atoms with Crippen molar-refractivity contribution in [1.29, 1.82) is 0 Å². The Labute approximate surface area is 106 Å². The van der Waals surface area contributed by atoms with E-state index >= 15 is 0 Å². The molecule has 18 heavy (non-hydrogen) atoms. The fourth-order valence-electron chi connectivity index (χ4n) is 2.45. The first-order valence-electron chi connectivity index (χ1n) is 6.35. The summed E-state index contributed by atoms with van der Waals surface area (Å²) in [4.78, 5) is 10.6. The Morgan fingerprint density at radius 3 is 2.83 bits per heavy atom. The molecule has 1 atom stereocenters. The van der Waals surface area contributed by atoms with Crippen molar-refractivity contribution in [3.63, 3.8) is 0 Å². The van der Waals surface area contributed by atoms with Gasteiger partial charge in [0.05, 0.1) is 15.8 Å². The summed E-state index contributed by atoms with van der Waals surface area (Å²) in [5.41, 5.74) is 1.14. The predicted molar refractivity (Wildman–Crippen MR) is 72.7 cm³/mol. The van der Waals surface area contributed by atoms with Gasteiger partial charge in [-0.25, -0.2) is 0 Å². The third-order valence-electron chi connectivity index (χ3n) is 3.28. The summed E-state index contributed by atoms with van der Waals surface area (Å²) >= 11 is 0. The van der Waals surface area contributed by atoms with Gasteiger partial charge in [0.15, 0.2) is 0 Å². The monoisotopic (exact) mass is 246 g/mol. The van der Waals surface area contributed by atoms with Crippen molar-refractivity contribution in [3.05, 3.63) is 40.6 Å². The molecule has 4 heteroatoms. The van der Waals surface area contributed by atoms with Crippen LogP contribution < -0.4 is 0 Å². The Bertz CT molecular complexity index is 560. The molecule has 0 radical (unpaired) electrons. The second-order valence-corrected chi connectivity index (χ2v) is 4.83. The van der Waals surface area contributed by atoms with E-state index in [4.69, 9.17) is 0 Å². The van der Waals surface area contributed by atoms with E-state index in [0.717, 1.165) is 17.4 Å². The number of aromatic nitrogens is 1. The van der Waals surface area contributed by atoms with Crippen LogP contribution in [-0.4, -0.2) is 9.49 Å². The summed E-state index contributed by atoms with van der Waals surface area (Å²) in [6.45, 7) is 5.31. The maximum Gasteiger partial charge on any atom is 0.278 e. The maximum absolute atomic E-state index is 10.9. The maximum atomic E-state index is 10.9. The molecule has 1 aromatic carbocycles. The van der Waals surface area contributed by atoms with Crippen LogP contribution in [0.2, 0.25) is 0 Å². The summed E-state index contributed by atoms with van der Waals surface area (Å²) < 4.78 is 2.11. The van der Waals surface area contributed by atoms with Crippen molar-refractivity contribution in [3.8, 4) is 0 Å². The van der Waals surface area contributed by atoms with E-state index in [2.05, 4.69) is 18.4 Å². The molecule has 0 spiro atoms. The first-order valence-corrected chi connectivity index (χ1v) is 6.35. The second-order valence-electron chi connectivity index (χ2n) is 4.83. The van der Waals surface area contributed by atoms with Crippen LogP contribution in [0.1, 0.15) is 26.7 Å². The highest BCUT2D eigenvalue weighted by Crippen LogP contribution is 2.27. The Morgan fingerprint density at radius 1 is 1.39 bits per heavy atom. The molecule has 1 aromatic heterocycles. The van der Waals surface area contributed by atoms with Crippen LogP contribution in [0.5, 0.6) is 0 Å². The Hall–Kier alpha value is -1.84. The van der Waals surface area contributed by atoms with Gasteiger partial charge in [-0.15, -0.1) is 0 Å². The summed E-state index contributed by atoms with van der Waals surface area (Å²) in [6, 6.07) is 7.09. The van der Waals surface area contributed by atoms with E-state index < -0.39 is 0 Å². The van der Waals surface area contributed by atoms with E-state index in [1.807, 2.05) is 18.3 Å². The van der Waals surface area contributed by atoms with Gasteiger partial charge in [0.2, 0.25) is 0 Å². The lowest BCUT2D eigenvalue weighted by atomic mass is 10.1. The quantitative estimate of drug-likeness (QED) is 0.591. The van der Waals surface area contributed by atoms with Crippen LogP contribution in [0, 0.1) is 16.0 Å². The van der Waals surface area contributed by atoms with Crippen molar-refractivity contribution in [2.45, 2.75) is 33.2 Å². The Morgan fingerprint density at radius 2 is 2.17 bits per heavy atom. The summed E-state index contributed by atoms with van der Waals surface area (Å²) in [7, 11) is 0. The van der Waals surface area contributed by atoms with Gasteiger partial charge in [0.25, 0.3) is 5.69 Å². The number of hydrogen-bond donors (Lipinski definition) is 0. The zero-order chi connectivity index (χ0) is 13.1. The molecular weight excluding hydrogens is 228 g/mol. The van der Waals surface area contributed by atoms with Crippen molar-refractivity contribution >= 4 is 16.6 Å². The molecule has 0 saturated carbocycles. The highest BCUT2D eigenvalue weighted by Gasteiger charge is 2.14. The van der Waals surface area contributed by atoms with Gasteiger partial charge < -0.3 is 4.57 Å². The molecule has 4 nitrogen and oxygen atoms in total. The fourth-order valence-corrected chi connectivity index (χ4v) is 2.45. The van der Waals surface area contributed by atoms with Gasteiger partial charge in [0.1, 0.15) is 0 Å². The highest BCUT2D eigenvalue weighted by molar-refractivity contribution is 5.89. The van der Waals surface area contributed by atoms with Gasteiger partial charge in [-0.1, -0.05) is 26.3 Å². The smallest absolute Gasteiger partial charge is 0.278 e. The lowest BCUT2D eigenvalue weighted by Crippen LogP contribution is -2.06. The number of fused-ring (bicyclic) bond motifs is 1. The zero-order valence-electron chi connectivity index (χ0n) is 10.8. The molecule has 1 unspecified atom stereocenters. The van der Waals surface area contributed by atoms with Gasteiger partial charge in [-0.3, -0.25) is 10.1 Å². The standard InChI is InChI=1S/C14H18N2O2/c1-3-5-11(2)10-15-9-8-12-13(15)6-4-7-14(12)16(17)18/h4,6-9,11H,3,5,10H2,1-2H3. The van der Waals surface area contributed by atoms with E-state index in [9.17, 15) is 10.1 Å². The normalized spacial score (nSPS) is 12.8. The average Bonchev–Trinajstić information content (AvgIpc) is 2.72. The minimum absolute atomic E-state index is 0.189. The number of hydrogen-bond acceptors (Lipinski definition) is 2. The first-order chi connectivity index (χ1) is 8.63. The minimum atomic E-state index is -0.317. The molecule has 0 N–H and O–H groups in total. The number of non-ortho nitro benzene ring substituents is 1. The number of nitrogens with zero attached hydrogens (tertiary/aromatic N) is 2. The second kappa shape index (κ2) is 5.21. The predicted octanol–water partition coefficient (Wildman–Crippen LogP) is 3.99. The molecule has 0 bridgehead atoms. The van der Waals surface area contributed by atoms with Crippen LogP contribution in [0.3, 0.4) is 0 Å². The lowest BCUT2D eigenvalue weighted by Gasteiger charge is -2.12. The SMILES string of the molecule is CCCC(C)Cn1ccc2c([N+](=O)[O-])cccc21. The number of benzene rings is 1. The molecule has 1 heterocycles. The largest absolute Gasteiger partial charge is 0.347 e. The average molecular weight is 246 g/mol. The van der Waals surface area contributed by atoms with Gasteiger partial charge in [0, 0.05) is 18.8 Å². The van der Waals surface area contributed by atoms with E-state index in [1.54, 1.807) is 12.1 Å². The van der Waals surface area contributed by atoms with Crippen LogP contribution in [0.4, 0.5) is 5.69 Å². The van der Waals surface area contributed by atoms with Gasteiger partial charge in [-0.2, -0.15) is 0 Å². The van der Waals surface area contributed by atoms with Crippen LogP contribution >= 0.6 is 0 Å². The number of nitro groups is 1. The van der Waals surface area contributed by atoms with Crippen LogP contribution in [-0.2, 0) is 6.54 Å². The molecule has 2 aromatic rings. The third kappa shape index (κ3) is 2.37. The Kier molecular flexibility index (Phi) is 3.65. The molecular formula is C14H18N2O2. The fraction of sp³-hybridized carbons (Fsp3) is 0.429. The van der Waals surface area contributed by atoms with Crippen molar-refractivity contribution in [2.75, 3.05) is 0 Å². The van der Waals surface area contributed by atoms with E-state index in [0.29, 0.717) is 5.92 Å². The van der Waals surface area contributed by atoms with Crippen molar-refractivity contribution in [2.24, 2.45) is 5.92 Å². The first kappa shape index (κ1) is 12.6. The summed E-state index contributed by atoms with van der Waals surface area (Å²) in [5, 5.41) is 11.7. The number of nitro benzene ring substituents is 1. The molecule has 0 aliphatic heterocycles. The van der Waals surface area contributed by atoms with Crippen LogP contribution in [0.15, 0.2) is 30.5 Å². The minimum Gasteiger partial charge on any atom is -0.347 e. The van der Waals surface area contributed by atoms with Crippen molar-refractivity contribution < 1.29 is 4.92 Å². The topological polar surface area (TPSA) is 48.1 Å². The zero-order valence-corrected chi connectivity index (χ0v) is 10.8.